The molecule has 0 aromatic heterocycles. The number of halogens is 1. The Morgan fingerprint density at radius 3 is 2.44 bits per heavy atom. The van der Waals surface area contributed by atoms with E-state index in [4.69, 9.17) is 11.6 Å². The van der Waals surface area contributed by atoms with Crippen molar-refractivity contribution >= 4 is 17.3 Å². The second-order valence-electron chi connectivity index (χ2n) is 4.43. The Hall–Kier alpha value is -0.730. The second kappa shape index (κ2) is 5.07. The number of aryl methyl sites for hydroxylation is 1. The Labute approximate surface area is 103 Å². The zero-order valence-electron chi connectivity index (χ0n) is 10.0. The molecule has 1 aromatic rings. The van der Waals surface area contributed by atoms with Crippen LogP contribution in [0.2, 0.25) is 5.02 Å². The summed E-state index contributed by atoms with van der Waals surface area (Å²) in [6.07, 6.45) is 1.04. The molecule has 1 aliphatic rings. The third-order valence-electron chi connectivity index (χ3n) is 3.26. The number of benzene rings is 1. The molecular formula is C13H19ClN2. The molecule has 88 valence electrons. The fourth-order valence-corrected chi connectivity index (χ4v) is 2.40. The molecule has 1 fully saturated rings. The molecule has 1 saturated heterocycles. The van der Waals surface area contributed by atoms with Gasteiger partial charge in [0.2, 0.25) is 0 Å². The third kappa shape index (κ3) is 2.50. The SMILES string of the molecule is CCc1ccc(N2CCN(C)CC2)c(Cl)c1. The Kier molecular flexibility index (Phi) is 3.72. The van der Waals surface area contributed by atoms with Crippen LogP contribution in [-0.4, -0.2) is 38.1 Å². The summed E-state index contributed by atoms with van der Waals surface area (Å²) >= 11 is 6.32. The quantitative estimate of drug-likeness (QED) is 0.782. The van der Waals surface area contributed by atoms with Crippen LogP contribution in [-0.2, 0) is 6.42 Å². The van der Waals surface area contributed by atoms with Crippen molar-refractivity contribution in [1.29, 1.82) is 0 Å². The van der Waals surface area contributed by atoms with E-state index in [0.29, 0.717) is 0 Å². The van der Waals surface area contributed by atoms with Gasteiger partial charge in [-0.25, -0.2) is 0 Å². The van der Waals surface area contributed by atoms with E-state index >= 15 is 0 Å². The molecule has 0 spiro atoms. The van der Waals surface area contributed by atoms with Gasteiger partial charge in [0.1, 0.15) is 0 Å². The van der Waals surface area contributed by atoms with Crippen LogP contribution in [0.4, 0.5) is 5.69 Å². The molecule has 0 N–H and O–H groups in total. The normalized spacial score (nSPS) is 17.8. The molecule has 1 heterocycles. The molecule has 0 unspecified atom stereocenters. The third-order valence-corrected chi connectivity index (χ3v) is 3.57. The smallest absolute Gasteiger partial charge is 0.0642 e. The van der Waals surface area contributed by atoms with E-state index in [1.54, 1.807) is 0 Å². The number of hydrogen-bond donors (Lipinski definition) is 0. The molecule has 0 amide bonds. The zero-order chi connectivity index (χ0) is 11.5. The lowest BCUT2D eigenvalue weighted by Gasteiger charge is -2.34. The van der Waals surface area contributed by atoms with Crippen molar-refractivity contribution in [2.45, 2.75) is 13.3 Å². The minimum atomic E-state index is 0.893. The minimum absolute atomic E-state index is 0.893. The molecule has 1 aliphatic heterocycles. The van der Waals surface area contributed by atoms with E-state index in [1.807, 2.05) is 0 Å². The van der Waals surface area contributed by atoms with Gasteiger partial charge in [0.25, 0.3) is 0 Å². The van der Waals surface area contributed by atoms with Crippen molar-refractivity contribution < 1.29 is 0 Å². The van der Waals surface area contributed by atoms with Crippen molar-refractivity contribution in [1.82, 2.24) is 4.90 Å². The number of hydrogen-bond acceptors (Lipinski definition) is 2. The lowest BCUT2D eigenvalue weighted by molar-refractivity contribution is 0.313. The van der Waals surface area contributed by atoms with E-state index in [0.717, 1.165) is 37.6 Å². The molecule has 16 heavy (non-hydrogen) atoms. The monoisotopic (exact) mass is 238 g/mol. The first-order valence-electron chi connectivity index (χ1n) is 5.92. The van der Waals surface area contributed by atoms with E-state index in [9.17, 15) is 0 Å². The molecule has 3 heteroatoms. The first-order valence-corrected chi connectivity index (χ1v) is 6.30. The average molecular weight is 239 g/mol. The predicted molar refractivity (Wildman–Crippen MR) is 70.5 cm³/mol. The van der Waals surface area contributed by atoms with E-state index in [2.05, 4.69) is 42.0 Å². The predicted octanol–water partition coefficient (Wildman–Crippen LogP) is 2.65. The fourth-order valence-electron chi connectivity index (χ4n) is 2.07. The van der Waals surface area contributed by atoms with Gasteiger partial charge < -0.3 is 9.80 Å². The number of likely N-dealkylation sites (N-methyl/N-ethyl adjacent to an activating group) is 1. The van der Waals surface area contributed by atoms with Crippen LogP contribution in [0.15, 0.2) is 18.2 Å². The summed E-state index contributed by atoms with van der Waals surface area (Å²) in [6.45, 7) is 6.53. The standard InChI is InChI=1S/C13H19ClN2/c1-3-11-4-5-13(12(14)10-11)16-8-6-15(2)7-9-16/h4-5,10H,3,6-9H2,1-2H3. The van der Waals surface area contributed by atoms with Crippen LogP contribution < -0.4 is 4.90 Å². The maximum atomic E-state index is 6.32. The molecule has 1 aromatic carbocycles. The van der Waals surface area contributed by atoms with Gasteiger partial charge in [-0.1, -0.05) is 24.6 Å². The molecular weight excluding hydrogens is 220 g/mol. The molecule has 0 atom stereocenters. The molecule has 2 nitrogen and oxygen atoms in total. The highest BCUT2D eigenvalue weighted by Crippen LogP contribution is 2.27. The second-order valence-corrected chi connectivity index (χ2v) is 4.84. The van der Waals surface area contributed by atoms with Gasteiger partial charge in [-0.05, 0) is 31.2 Å². The van der Waals surface area contributed by atoms with Crippen molar-refractivity contribution in [3.8, 4) is 0 Å². The maximum Gasteiger partial charge on any atom is 0.0642 e. The summed E-state index contributed by atoms with van der Waals surface area (Å²) in [5.74, 6) is 0. The Bertz CT molecular complexity index is 357. The van der Waals surface area contributed by atoms with Crippen molar-refractivity contribution in [3.63, 3.8) is 0 Å². The summed E-state index contributed by atoms with van der Waals surface area (Å²) in [6, 6.07) is 6.43. The Morgan fingerprint density at radius 2 is 1.88 bits per heavy atom. The minimum Gasteiger partial charge on any atom is -0.368 e. The number of rotatable bonds is 2. The van der Waals surface area contributed by atoms with E-state index in [-0.39, 0.29) is 0 Å². The van der Waals surface area contributed by atoms with Crippen molar-refractivity contribution in [3.05, 3.63) is 28.8 Å². The summed E-state index contributed by atoms with van der Waals surface area (Å²) in [5, 5.41) is 0.893. The van der Waals surface area contributed by atoms with Crippen LogP contribution in [0.3, 0.4) is 0 Å². The maximum absolute atomic E-state index is 6.32. The lowest BCUT2D eigenvalue weighted by atomic mass is 10.1. The van der Waals surface area contributed by atoms with Gasteiger partial charge in [0.05, 0.1) is 10.7 Å². The van der Waals surface area contributed by atoms with Crippen LogP contribution in [0.25, 0.3) is 0 Å². The fraction of sp³-hybridized carbons (Fsp3) is 0.538. The van der Waals surface area contributed by atoms with Crippen molar-refractivity contribution in [2.24, 2.45) is 0 Å². The molecule has 0 radical (unpaired) electrons. The van der Waals surface area contributed by atoms with Gasteiger partial charge >= 0.3 is 0 Å². The highest BCUT2D eigenvalue weighted by atomic mass is 35.5. The van der Waals surface area contributed by atoms with Gasteiger partial charge in [-0.3, -0.25) is 0 Å². The molecule has 2 rings (SSSR count). The highest BCUT2D eigenvalue weighted by molar-refractivity contribution is 6.33. The summed E-state index contributed by atoms with van der Waals surface area (Å²) in [4.78, 5) is 4.73. The summed E-state index contributed by atoms with van der Waals surface area (Å²) in [5.41, 5.74) is 2.50. The van der Waals surface area contributed by atoms with Crippen LogP contribution in [0.5, 0.6) is 0 Å². The van der Waals surface area contributed by atoms with Gasteiger partial charge in [0, 0.05) is 26.2 Å². The number of piperazine rings is 1. The highest BCUT2D eigenvalue weighted by Gasteiger charge is 2.16. The zero-order valence-corrected chi connectivity index (χ0v) is 10.8. The van der Waals surface area contributed by atoms with E-state index in [1.165, 1.54) is 11.3 Å². The average Bonchev–Trinajstić information content (AvgIpc) is 2.30. The van der Waals surface area contributed by atoms with Gasteiger partial charge in [-0.2, -0.15) is 0 Å². The van der Waals surface area contributed by atoms with Crippen molar-refractivity contribution in [2.75, 3.05) is 38.1 Å². The Balaban J connectivity index is 2.14. The van der Waals surface area contributed by atoms with Crippen LogP contribution in [0, 0.1) is 0 Å². The lowest BCUT2D eigenvalue weighted by Crippen LogP contribution is -2.44. The topological polar surface area (TPSA) is 6.48 Å². The molecule has 0 bridgehead atoms. The molecule has 0 saturated carbocycles. The number of anilines is 1. The summed E-state index contributed by atoms with van der Waals surface area (Å²) in [7, 11) is 2.17. The summed E-state index contributed by atoms with van der Waals surface area (Å²) < 4.78 is 0. The first kappa shape index (κ1) is 11.7. The Morgan fingerprint density at radius 1 is 1.19 bits per heavy atom. The molecule has 0 aliphatic carbocycles. The largest absolute Gasteiger partial charge is 0.368 e. The van der Waals surface area contributed by atoms with Gasteiger partial charge in [-0.15, -0.1) is 0 Å². The van der Waals surface area contributed by atoms with Crippen LogP contribution in [0.1, 0.15) is 12.5 Å². The first-order chi connectivity index (χ1) is 7.70. The van der Waals surface area contributed by atoms with E-state index < -0.39 is 0 Å². The number of nitrogens with zero attached hydrogens (tertiary/aromatic N) is 2. The van der Waals surface area contributed by atoms with Crippen LogP contribution >= 0.6 is 11.6 Å². The van der Waals surface area contributed by atoms with Gasteiger partial charge in [0.15, 0.2) is 0 Å².